The molecule has 1 aromatic carbocycles. The van der Waals surface area contributed by atoms with E-state index in [1.165, 1.54) is 0 Å². The van der Waals surface area contributed by atoms with E-state index >= 15 is 0 Å². The lowest BCUT2D eigenvalue weighted by atomic mass is 10.0. The summed E-state index contributed by atoms with van der Waals surface area (Å²) >= 11 is 0. The van der Waals surface area contributed by atoms with Crippen LogP contribution in [0.3, 0.4) is 0 Å². The largest absolute Gasteiger partial charge is 0.243 e. The zero-order valence-corrected chi connectivity index (χ0v) is 13.1. The predicted octanol–water partition coefficient (Wildman–Crippen LogP) is 3.42. The van der Waals surface area contributed by atoms with Crippen LogP contribution in [0.15, 0.2) is 53.5 Å². The van der Waals surface area contributed by atoms with Crippen LogP contribution in [-0.2, 0) is 10.0 Å². The Morgan fingerprint density at radius 1 is 1.19 bits per heavy atom. The number of aryl methyl sites for hydroxylation is 1. The molecule has 2 atom stereocenters. The molecule has 0 aromatic heterocycles. The number of benzene rings is 1. The lowest BCUT2D eigenvalue weighted by Gasteiger charge is -2.28. The second-order valence-electron chi connectivity index (χ2n) is 5.88. The van der Waals surface area contributed by atoms with E-state index < -0.39 is 10.0 Å². The smallest absolute Gasteiger partial charge is 0.207 e. The van der Waals surface area contributed by atoms with E-state index in [0.29, 0.717) is 4.90 Å². The zero-order valence-electron chi connectivity index (χ0n) is 12.3. The molecule has 0 saturated carbocycles. The molecule has 2 heterocycles. The summed E-state index contributed by atoms with van der Waals surface area (Å²) in [6.45, 7) is 5.82. The van der Waals surface area contributed by atoms with Crippen molar-refractivity contribution in [2.45, 2.75) is 49.6 Å². The quantitative estimate of drug-likeness (QED) is 0.858. The van der Waals surface area contributed by atoms with E-state index in [4.69, 9.17) is 0 Å². The van der Waals surface area contributed by atoms with Crippen LogP contribution in [-0.4, -0.2) is 24.8 Å². The highest BCUT2D eigenvalue weighted by molar-refractivity contribution is 7.89. The molecule has 1 saturated heterocycles. The maximum atomic E-state index is 13.0. The van der Waals surface area contributed by atoms with Crippen LogP contribution >= 0.6 is 0 Å². The van der Waals surface area contributed by atoms with Crippen molar-refractivity contribution in [2.75, 3.05) is 0 Å². The Morgan fingerprint density at radius 3 is 2.57 bits per heavy atom. The molecule has 21 heavy (non-hydrogen) atoms. The molecule has 2 bridgehead atoms. The average molecular weight is 303 g/mol. The minimum Gasteiger partial charge on any atom is -0.207 e. The van der Waals surface area contributed by atoms with Crippen molar-refractivity contribution in [3.05, 3.63) is 54.1 Å². The van der Waals surface area contributed by atoms with Gasteiger partial charge in [0, 0.05) is 6.04 Å². The standard InChI is InChI=1S/C17H21NO2S/c1-3-14-5-4-6-15-9-12-17(14)18(15)21(19,20)16-10-7-13(2)8-11-16/h3,5,7-8,10-11,15,17H,1,4,6,9,12H2,2H3. The van der Waals surface area contributed by atoms with E-state index in [9.17, 15) is 8.42 Å². The van der Waals surface area contributed by atoms with Crippen molar-refractivity contribution in [1.29, 1.82) is 0 Å². The molecular weight excluding hydrogens is 282 g/mol. The molecular formula is C17H21NO2S. The van der Waals surface area contributed by atoms with Crippen molar-refractivity contribution >= 4 is 10.0 Å². The van der Waals surface area contributed by atoms with Crippen molar-refractivity contribution in [3.8, 4) is 0 Å². The van der Waals surface area contributed by atoms with Gasteiger partial charge in [-0.25, -0.2) is 8.42 Å². The molecule has 2 aliphatic heterocycles. The molecule has 0 spiro atoms. The highest BCUT2D eigenvalue weighted by atomic mass is 32.2. The molecule has 0 N–H and O–H groups in total. The molecule has 0 amide bonds. The second-order valence-corrected chi connectivity index (χ2v) is 7.72. The van der Waals surface area contributed by atoms with Gasteiger partial charge >= 0.3 is 0 Å². The summed E-state index contributed by atoms with van der Waals surface area (Å²) in [7, 11) is -3.44. The number of fused-ring (bicyclic) bond motifs is 2. The normalized spacial score (nSPS) is 26.2. The van der Waals surface area contributed by atoms with E-state index in [2.05, 4.69) is 12.7 Å². The minimum atomic E-state index is -3.44. The molecule has 3 rings (SSSR count). The van der Waals surface area contributed by atoms with E-state index in [1.54, 1.807) is 16.4 Å². The van der Waals surface area contributed by atoms with Gasteiger partial charge in [0.25, 0.3) is 0 Å². The van der Waals surface area contributed by atoms with Gasteiger partial charge in [0.05, 0.1) is 10.9 Å². The SMILES string of the molecule is C=CC1=CCCC2CCC1N2S(=O)(=O)c1ccc(C)cc1. The lowest BCUT2D eigenvalue weighted by molar-refractivity contribution is 0.343. The summed E-state index contributed by atoms with van der Waals surface area (Å²) in [5.41, 5.74) is 2.13. The Hall–Kier alpha value is -1.39. The molecule has 2 aliphatic rings. The second kappa shape index (κ2) is 5.43. The molecule has 1 fully saturated rings. The molecule has 0 aliphatic carbocycles. The Balaban J connectivity index is 2.04. The fraction of sp³-hybridized carbons (Fsp3) is 0.412. The summed E-state index contributed by atoms with van der Waals surface area (Å²) in [4.78, 5) is 0.398. The van der Waals surface area contributed by atoms with Crippen molar-refractivity contribution in [1.82, 2.24) is 4.31 Å². The molecule has 4 heteroatoms. The Morgan fingerprint density at radius 2 is 1.90 bits per heavy atom. The van der Waals surface area contributed by atoms with Crippen LogP contribution in [0.25, 0.3) is 0 Å². The summed E-state index contributed by atoms with van der Waals surface area (Å²) in [5.74, 6) is 0. The van der Waals surface area contributed by atoms with Gasteiger partial charge in [-0.3, -0.25) is 0 Å². The van der Waals surface area contributed by atoms with Crippen molar-refractivity contribution < 1.29 is 8.42 Å². The Kier molecular flexibility index (Phi) is 3.76. The Labute approximate surface area is 127 Å². The monoisotopic (exact) mass is 303 g/mol. The predicted molar refractivity (Wildman–Crippen MR) is 84.5 cm³/mol. The van der Waals surface area contributed by atoms with Crippen molar-refractivity contribution in [2.24, 2.45) is 0 Å². The molecule has 1 aromatic rings. The Bertz CT molecular complexity index is 673. The van der Waals surface area contributed by atoms with Crippen LogP contribution in [0.5, 0.6) is 0 Å². The maximum absolute atomic E-state index is 13.0. The first kappa shape index (κ1) is 14.5. The summed E-state index contributed by atoms with van der Waals surface area (Å²) in [5, 5.41) is 0. The maximum Gasteiger partial charge on any atom is 0.243 e. The number of sulfonamides is 1. The fourth-order valence-electron chi connectivity index (χ4n) is 3.44. The van der Waals surface area contributed by atoms with Gasteiger partial charge in [0.1, 0.15) is 0 Å². The zero-order chi connectivity index (χ0) is 15.0. The van der Waals surface area contributed by atoms with Crippen LogP contribution in [0, 0.1) is 6.92 Å². The van der Waals surface area contributed by atoms with E-state index in [-0.39, 0.29) is 12.1 Å². The van der Waals surface area contributed by atoms with Gasteiger partial charge < -0.3 is 0 Å². The van der Waals surface area contributed by atoms with Gasteiger partial charge in [-0.05, 0) is 50.3 Å². The summed E-state index contributed by atoms with van der Waals surface area (Å²) in [6, 6.07) is 7.23. The third kappa shape index (κ3) is 2.47. The minimum absolute atomic E-state index is 0.0405. The van der Waals surface area contributed by atoms with Crippen LogP contribution in [0.2, 0.25) is 0 Å². The lowest BCUT2D eigenvalue weighted by Crippen LogP contribution is -2.40. The molecule has 0 radical (unpaired) electrons. The fourth-order valence-corrected chi connectivity index (χ4v) is 5.33. The average Bonchev–Trinajstić information content (AvgIpc) is 2.77. The third-order valence-electron chi connectivity index (χ3n) is 4.54. The molecule has 3 nitrogen and oxygen atoms in total. The van der Waals surface area contributed by atoms with Crippen LogP contribution < -0.4 is 0 Å². The van der Waals surface area contributed by atoms with E-state index in [1.807, 2.05) is 25.1 Å². The number of allylic oxidation sites excluding steroid dienone is 1. The van der Waals surface area contributed by atoms with Gasteiger partial charge in [0.2, 0.25) is 10.0 Å². The van der Waals surface area contributed by atoms with Crippen LogP contribution in [0.4, 0.5) is 0 Å². The van der Waals surface area contributed by atoms with Gasteiger partial charge in [-0.1, -0.05) is 36.4 Å². The first-order chi connectivity index (χ1) is 10.0. The first-order valence-electron chi connectivity index (χ1n) is 7.47. The number of hydrogen-bond donors (Lipinski definition) is 0. The van der Waals surface area contributed by atoms with Gasteiger partial charge in [0.15, 0.2) is 0 Å². The highest BCUT2D eigenvalue weighted by Gasteiger charge is 2.43. The number of rotatable bonds is 3. The van der Waals surface area contributed by atoms with Gasteiger partial charge in [-0.2, -0.15) is 4.31 Å². The van der Waals surface area contributed by atoms with E-state index in [0.717, 1.165) is 36.8 Å². The highest BCUT2D eigenvalue weighted by Crippen LogP contribution is 2.39. The topological polar surface area (TPSA) is 37.4 Å². The number of hydrogen-bond acceptors (Lipinski definition) is 2. The third-order valence-corrected chi connectivity index (χ3v) is 6.51. The van der Waals surface area contributed by atoms with Crippen LogP contribution in [0.1, 0.15) is 31.2 Å². The summed E-state index contributed by atoms with van der Waals surface area (Å²) in [6.07, 6.45) is 7.64. The summed E-state index contributed by atoms with van der Waals surface area (Å²) < 4.78 is 27.8. The number of nitrogens with zero attached hydrogens (tertiary/aromatic N) is 1. The molecule has 112 valence electrons. The molecule has 2 unspecified atom stereocenters. The van der Waals surface area contributed by atoms with Crippen molar-refractivity contribution in [3.63, 3.8) is 0 Å². The first-order valence-corrected chi connectivity index (χ1v) is 8.91. The van der Waals surface area contributed by atoms with Gasteiger partial charge in [-0.15, -0.1) is 0 Å².